The Morgan fingerprint density at radius 2 is 1.74 bits per heavy atom. The van der Waals surface area contributed by atoms with Crippen molar-refractivity contribution in [1.82, 2.24) is 9.88 Å². The van der Waals surface area contributed by atoms with E-state index in [1.54, 1.807) is 67.0 Å². The first kappa shape index (κ1) is 23.8. The fourth-order valence-electron chi connectivity index (χ4n) is 3.84. The zero-order chi connectivity index (χ0) is 24.2. The van der Waals surface area contributed by atoms with Crippen molar-refractivity contribution in [3.05, 3.63) is 99.3 Å². The van der Waals surface area contributed by atoms with E-state index in [9.17, 15) is 14.7 Å². The Balaban J connectivity index is 1.80. The number of benzene rings is 2. The number of amides is 1. The summed E-state index contributed by atoms with van der Waals surface area (Å²) in [5, 5.41) is 11.8. The third-order valence-corrected chi connectivity index (χ3v) is 6.24. The molecular weight excluding hydrogens is 475 g/mol. The molecule has 0 bridgehead atoms. The molecule has 1 aliphatic heterocycles. The monoisotopic (exact) mass is 496 g/mol. The summed E-state index contributed by atoms with van der Waals surface area (Å²) in [7, 11) is 0. The number of carbonyl (C=O) groups is 2. The van der Waals surface area contributed by atoms with Crippen molar-refractivity contribution in [1.29, 1.82) is 0 Å². The topological polar surface area (TPSA) is 79.7 Å². The minimum atomic E-state index is -0.848. The highest BCUT2D eigenvalue weighted by Crippen LogP contribution is 2.41. The van der Waals surface area contributed by atoms with Crippen molar-refractivity contribution < 1.29 is 19.4 Å². The summed E-state index contributed by atoms with van der Waals surface area (Å²) in [5.74, 6) is -1.10. The standard InChI is InChI=1S/C26H22Cl2N2O4/c1-2-13-34-19-6-3-17(4-7-19)24(31)22-23(18-5-8-20(27)21(28)14-18)30(26(33)25(22)32)15-16-9-11-29-12-10-16/h3-12,14,23,31H,2,13,15H2,1H3/b24-22-. The van der Waals surface area contributed by atoms with Crippen LogP contribution in [0.4, 0.5) is 0 Å². The SMILES string of the molecule is CCCOc1ccc(/C(O)=C2/C(=O)C(=O)N(Cc3ccncc3)C2c2ccc(Cl)c(Cl)c2)cc1. The second-order valence-corrected chi connectivity index (χ2v) is 8.64. The molecule has 8 heteroatoms. The Kier molecular flexibility index (Phi) is 7.20. The van der Waals surface area contributed by atoms with E-state index in [0.29, 0.717) is 28.5 Å². The number of halogens is 2. The number of likely N-dealkylation sites (tertiary alicyclic amines) is 1. The first-order valence-electron chi connectivity index (χ1n) is 10.8. The molecule has 2 heterocycles. The van der Waals surface area contributed by atoms with Crippen molar-refractivity contribution in [2.75, 3.05) is 6.61 Å². The molecule has 1 N–H and O–H groups in total. The highest BCUT2D eigenvalue weighted by molar-refractivity contribution is 6.46. The Bertz CT molecular complexity index is 1240. The number of aromatic nitrogens is 1. The summed E-state index contributed by atoms with van der Waals surface area (Å²) >= 11 is 12.4. The van der Waals surface area contributed by atoms with Gasteiger partial charge in [0.2, 0.25) is 0 Å². The highest BCUT2D eigenvalue weighted by Gasteiger charge is 2.46. The van der Waals surface area contributed by atoms with Gasteiger partial charge in [0.1, 0.15) is 11.5 Å². The number of aliphatic hydroxyl groups excluding tert-OH is 1. The molecule has 0 aliphatic carbocycles. The average molecular weight is 497 g/mol. The second kappa shape index (κ2) is 10.3. The number of pyridine rings is 1. The third-order valence-electron chi connectivity index (χ3n) is 5.50. The Hall–Kier alpha value is -3.35. The zero-order valence-corrected chi connectivity index (χ0v) is 19.9. The molecule has 34 heavy (non-hydrogen) atoms. The van der Waals surface area contributed by atoms with Gasteiger partial charge in [-0.05, 0) is 66.1 Å². The highest BCUT2D eigenvalue weighted by atomic mass is 35.5. The number of carbonyl (C=O) groups excluding carboxylic acids is 2. The fourth-order valence-corrected chi connectivity index (χ4v) is 4.15. The number of rotatable bonds is 7. The molecule has 1 fully saturated rings. The van der Waals surface area contributed by atoms with Gasteiger partial charge in [-0.3, -0.25) is 14.6 Å². The molecule has 2 aromatic carbocycles. The van der Waals surface area contributed by atoms with Gasteiger partial charge in [0.15, 0.2) is 0 Å². The maximum atomic E-state index is 13.2. The van der Waals surface area contributed by atoms with Crippen LogP contribution in [0, 0.1) is 0 Å². The van der Waals surface area contributed by atoms with E-state index in [2.05, 4.69) is 4.98 Å². The number of nitrogens with zero attached hydrogens (tertiary/aromatic N) is 2. The molecule has 1 saturated heterocycles. The molecule has 1 amide bonds. The van der Waals surface area contributed by atoms with E-state index in [1.807, 2.05) is 6.92 Å². The molecule has 1 atom stereocenters. The number of aliphatic hydroxyl groups is 1. The van der Waals surface area contributed by atoms with Gasteiger partial charge in [-0.25, -0.2) is 0 Å². The van der Waals surface area contributed by atoms with E-state index in [0.717, 1.165) is 12.0 Å². The molecule has 6 nitrogen and oxygen atoms in total. The minimum absolute atomic E-state index is 0.0142. The maximum absolute atomic E-state index is 13.2. The smallest absolute Gasteiger partial charge is 0.295 e. The van der Waals surface area contributed by atoms with Crippen LogP contribution in [0.25, 0.3) is 5.76 Å². The molecule has 174 valence electrons. The number of ketones is 1. The zero-order valence-electron chi connectivity index (χ0n) is 18.4. The molecule has 0 radical (unpaired) electrons. The molecule has 3 aromatic rings. The molecule has 0 spiro atoms. The summed E-state index contributed by atoms with van der Waals surface area (Å²) in [6.07, 6.45) is 4.09. The Morgan fingerprint density at radius 1 is 1.03 bits per heavy atom. The van der Waals surface area contributed by atoms with Crippen molar-refractivity contribution >= 4 is 40.7 Å². The lowest BCUT2D eigenvalue weighted by molar-refractivity contribution is -0.140. The van der Waals surface area contributed by atoms with E-state index in [4.69, 9.17) is 27.9 Å². The van der Waals surface area contributed by atoms with E-state index in [-0.39, 0.29) is 22.9 Å². The van der Waals surface area contributed by atoms with Gasteiger partial charge in [-0.15, -0.1) is 0 Å². The van der Waals surface area contributed by atoms with Crippen LogP contribution in [0.3, 0.4) is 0 Å². The van der Waals surface area contributed by atoms with Crippen LogP contribution in [0.1, 0.15) is 36.1 Å². The first-order chi connectivity index (χ1) is 16.4. The van der Waals surface area contributed by atoms with E-state index < -0.39 is 17.7 Å². The minimum Gasteiger partial charge on any atom is -0.507 e. The number of hydrogen-bond acceptors (Lipinski definition) is 5. The number of Topliss-reactive ketones (excluding diaryl/α,β-unsaturated/α-hetero) is 1. The van der Waals surface area contributed by atoms with Crippen molar-refractivity contribution in [3.63, 3.8) is 0 Å². The predicted octanol–water partition coefficient (Wildman–Crippen LogP) is 5.80. The number of hydrogen-bond donors (Lipinski definition) is 1. The first-order valence-corrected chi connectivity index (χ1v) is 11.5. The average Bonchev–Trinajstić information content (AvgIpc) is 3.10. The van der Waals surface area contributed by atoms with Gasteiger partial charge < -0.3 is 14.7 Å². The van der Waals surface area contributed by atoms with Gasteiger partial charge in [-0.1, -0.05) is 36.2 Å². The van der Waals surface area contributed by atoms with Crippen molar-refractivity contribution in [2.24, 2.45) is 0 Å². The third kappa shape index (κ3) is 4.79. The van der Waals surface area contributed by atoms with Crippen LogP contribution in [0.15, 0.2) is 72.6 Å². The van der Waals surface area contributed by atoms with Gasteiger partial charge in [0.05, 0.1) is 28.3 Å². The summed E-state index contributed by atoms with van der Waals surface area (Å²) in [4.78, 5) is 31.7. The van der Waals surface area contributed by atoms with Gasteiger partial charge >= 0.3 is 0 Å². The summed E-state index contributed by atoms with van der Waals surface area (Å²) in [6, 6.07) is 14.3. The summed E-state index contributed by atoms with van der Waals surface area (Å²) in [6.45, 7) is 2.73. The molecular formula is C26H22Cl2N2O4. The molecule has 1 unspecified atom stereocenters. The van der Waals surface area contributed by atoms with Gasteiger partial charge in [0, 0.05) is 24.5 Å². The molecule has 1 aromatic heterocycles. The quantitative estimate of drug-likeness (QED) is 0.254. The lowest BCUT2D eigenvalue weighted by Gasteiger charge is -2.25. The summed E-state index contributed by atoms with van der Waals surface area (Å²) in [5.41, 5.74) is 1.74. The van der Waals surface area contributed by atoms with E-state index in [1.165, 1.54) is 4.90 Å². The van der Waals surface area contributed by atoms with Gasteiger partial charge in [0.25, 0.3) is 11.7 Å². The Labute approximate surface area is 207 Å². The van der Waals surface area contributed by atoms with Crippen LogP contribution < -0.4 is 4.74 Å². The second-order valence-electron chi connectivity index (χ2n) is 7.83. The number of ether oxygens (including phenoxy) is 1. The van der Waals surface area contributed by atoms with Crippen LogP contribution in [0.2, 0.25) is 10.0 Å². The van der Waals surface area contributed by atoms with Crippen LogP contribution in [0.5, 0.6) is 5.75 Å². The van der Waals surface area contributed by atoms with Crippen molar-refractivity contribution in [2.45, 2.75) is 25.9 Å². The van der Waals surface area contributed by atoms with E-state index >= 15 is 0 Å². The summed E-state index contributed by atoms with van der Waals surface area (Å²) < 4.78 is 5.59. The van der Waals surface area contributed by atoms with Crippen molar-refractivity contribution in [3.8, 4) is 5.75 Å². The van der Waals surface area contributed by atoms with Gasteiger partial charge in [-0.2, -0.15) is 0 Å². The fraction of sp³-hybridized carbons (Fsp3) is 0.192. The van der Waals surface area contributed by atoms with Crippen LogP contribution in [-0.4, -0.2) is 33.3 Å². The molecule has 4 rings (SSSR count). The molecule has 0 saturated carbocycles. The largest absolute Gasteiger partial charge is 0.507 e. The lowest BCUT2D eigenvalue weighted by Crippen LogP contribution is -2.29. The van der Waals surface area contributed by atoms with Crippen LogP contribution in [-0.2, 0) is 16.1 Å². The van der Waals surface area contributed by atoms with Crippen LogP contribution >= 0.6 is 23.2 Å². The lowest BCUT2D eigenvalue weighted by atomic mass is 9.95. The Morgan fingerprint density at radius 3 is 2.38 bits per heavy atom. The molecule has 1 aliphatic rings. The maximum Gasteiger partial charge on any atom is 0.295 e. The predicted molar refractivity (Wildman–Crippen MR) is 131 cm³/mol. The normalized spacial score (nSPS) is 17.3.